The third kappa shape index (κ3) is 2.77. The van der Waals surface area contributed by atoms with Crippen molar-refractivity contribution < 1.29 is 0 Å². The predicted octanol–water partition coefficient (Wildman–Crippen LogP) is 3.53. The average molecular weight is 272 g/mol. The molecule has 0 spiro atoms. The lowest BCUT2D eigenvalue weighted by Crippen LogP contribution is -2.50. The highest BCUT2D eigenvalue weighted by Crippen LogP contribution is 2.36. The molecule has 0 aromatic heterocycles. The van der Waals surface area contributed by atoms with Crippen LogP contribution in [0.5, 0.6) is 0 Å². The number of rotatable bonds is 2. The molecule has 0 amide bonds. The number of likely N-dealkylation sites (tertiary alicyclic amines) is 1. The number of aryl methyl sites for hydroxylation is 1. The van der Waals surface area contributed by atoms with Crippen molar-refractivity contribution in [1.29, 1.82) is 0 Å². The maximum Gasteiger partial charge on any atom is 0.0350 e. The molecular formula is C18H28N2. The first-order valence-electron chi connectivity index (χ1n) is 8.23. The maximum atomic E-state index is 3.51. The first-order chi connectivity index (χ1) is 9.72. The summed E-state index contributed by atoms with van der Waals surface area (Å²) in [4.78, 5) is 2.74. The molecule has 1 aliphatic heterocycles. The van der Waals surface area contributed by atoms with E-state index in [1.807, 2.05) is 0 Å². The van der Waals surface area contributed by atoms with E-state index in [2.05, 4.69) is 48.5 Å². The van der Waals surface area contributed by atoms with Gasteiger partial charge in [-0.3, -0.25) is 4.90 Å². The number of benzene rings is 1. The molecule has 1 atom stereocenters. The van der Waals surface area contributed by atoms with E-state index < -0.39 is 0 Å². The smallest absolute Gasteiger partial charge is 0.0350 e. The largest absolute Gasteiger partial charge is 0.314 e. The molecule has 1 unspecified atom stereocenters. The lowest BCUT2D eigenvalue weighted by Gasteiger charge is -2.43. The number of nitrogens with one attached hydrogen (secondary N) is 1. The van der Waals surface area contributed by atoms with Crippen LogP contribution in [-0.2, 0) is 6.42 Å². The summed E-state index contributed by atoms with van der Waals surface area (Å²) >= 11 is 0. The minimum absolute atomic E-state index is 0.348. The molecule has 0 saturated carbocycles. The highest BCUT2D eigenvalue weighted by molar-refractivity contribution is 5.31. The van der Waals surface area contributed by atoms with Crippen LogP contribution >= 0.6 is 0 Å². The van der Waals surface area contributed by atoms with Crippen LogP contribution in [-0.4, -0.2) is 30.6 Å². The molecule has 1 N–H and O–H groups in total. The lowest BCUT2D eigenvalue weighted by molar-refractivity contribution is 0.105. The Kier molecular flexibility index (Phi) is 4.13. The van der Waals surface area contributed by atoms with Crippen LogP contribution < -0.4 is 5.32 Å². The summed E-state index contributed by atoms with van der Waals surface area (Å²) in [7, 11) is 2.11. The number of hydrogen-bond donors (Lipinski definition) is 1. The number of hydrogen-bond acceptors (Lipinski definition) is 2. The van der Waals surface area contributed by atoms with E-state index in [-0.39, 0.29) is 0 Å². The Morgan fingerprint density at radius 2 is 1.90 bits per heavy atom. The maximum absolute atomic E-state index is 3.51. The van der Waals surface area contributed by atoms with Crippen molar-refractivity contribution in [2.45, 2.75) is 57.0 Å². The molecule has 1 saturated heterocycles. The van der Waals surface area contributed by atoms with Crippen LogP contribution in [0.4, 0.5) is 0 Å². The van der Waals surface area contributed by atoms with Crippen LogP contribution in [0.3, 0.4) is 0 Å². The third-order valence-electron chi connectivity index (χ3n) is 5.53. The molecule has 1 aromatic carbocycles. The Balaban J connectivity index is 1.77. The van der Waals surface area contributed by atoms with Crippen molar-refractivity contribution in [1.82, 2.24) is 10.2 Å². The quantitative estimate of drug-likeness (QED) is 0.829. The van der Waals surface area contributed by atoms with Gasteiger partial charge in [0.15, 0.2) is 0 Å². The molecule has 2 aliphatic rings. The fourth-order valence-corrected chi connectivity index (χ4v) is 3.85. The summed E-state index contributed by atoms with van der Waals surface area (Å²) in [5.41, 5.74) is 3.55. The SMILES string of the molecule is CNC1(C)CCN(C2CCCCc3ccccc32)CC1. The first kappa shape index (κ1) is 14.1. The second-order valence-corrected chi connectivity index (χ2v) is 6.81. The molecule has 0 radical (unpaired) electrons. The van der Waals surface area contributed by atoms with Crippen molar-refractivity contribution in [2.24, 2.45) is 0 Å². The molecule has 3 rings (SSSR count). The molecule has 2 heteroatoms. The van der Waals surface area contributed by atoms with Crippen LogP contribution in [0.25, 0.3) is 0 Å². The summed E-state index contributed by atoms with van der Waals surface area (Å²) in [5, 5.41) is 3.51. The molecule has 1 aromatic rings. The van der Waals surface area contributed by atoms with Crippen LogP contribution in [0.1, 0.15) is 56.2 Å². The van der Waals surface area contributed by atoms with Crippen molar-refractivity contribution in [3.05, 3.63) is 35.4 Å². The van der Waals surface area contributed by atoms with Crippen LogP contribution in [0.15, 0.2) is 24.3 Å². The van der Waals surface area contributed by atoms with E-state index in [4.69, 9.17) is 0 Å². The highest BCUT2D eigenvalue weighted by atomic mass is 15.2. The second kappa shape index (κ2) is 5.87. The van der Waals surface area contributed by atoms with Crippen LogP contribution in [0.2, 0.25) is 0 Å². The topological polar surface area (TPSA) is 15.3 Å². The molecule has 20 heavy (non-hydrogen) atoms. The van der Waals surface area contributed by atoms with E-state index in [1.54, 1.807) is 11.1 Å². The summed E-state index contributed by atoms with van der Waals surface area (Å²) < 4.78 is 0. The van der Waals surface area contributed by atoms with Gasteiger partial charge in [-0.05, 0) is 57.2 Å². The summed E-state index contributed by atoms with van der Waals surface area (Å²) in [6.07, 6.45) is 7.88. The second-order valence-electron chi connectivity index (χ2n) is 6.81. The zero-order valence-electron chi connectivity index (χ0n) is 13.0. The predicted molar refractivity (Wildman–Crippen MR) is 85.0 cm³/mol. The molecule has 1 fully saturated rings. The molecular weight excluding hydrogens is 244 g/mol. The summed E-state index contributed by atoms with van der Waals surface area (Å²) in [6.45, 7) is 4.83. The zero-order valence-corrected chi connectivity index (χ0v) is 13.0. The van der Waals surface area contributed by atoms with E-state index in [9.17, 15) is 0 Å². The Bertz CT molecular complexity index is 446. The Morgan fingerprint density at radius 1 is 1.15 bits per heavy atom. The number of fused-ring (bicyclic) bond motifs is 1. The highest BCUT2D eigenvalue weighted by Gasteiger charge is 2.32. The minimum atomic E-state index is 0.348. The molecule has 1 heterocycles. The zero-order chi connectivity index (χ0) is 14.0. The third-order valence-corrected chi connectivity index (χ3v) is 5.53. The Morgan fingerprint density at radius 3 is 2.65 bits per heavy atom. The Hall–Kier alpha value is -0.860. The van der Waals surface area contributed by atoms with Gasteiger partial charge in [0.2, 0.25) is 0 Å². The van der Waals surface area contributed by atoms with Gasteiger partial charge in [-0.2, -0.15) is 0 Å². The van der Waals surface area contributed by atoms with Gasteiger partial charge in [0.1, 0.15) is 0 Å². The molecule has 110 valence electrons. The van der Waals surface area contributed by atoms with Crippen molar-refractivity contribution in [3.8, 4) is 0 Å². The van der Waals surface area contributed by atoms with Gasteiger partial charge >= 0.3 is 0 Å². The van der Waals surface area contributed by atoms with Gasteiger partial charge in [0.05, 0.1) is 0 Å². The van der Waals surface area contributed by atoms with Crippen LogP contribution in [0, 0.1) is 0 Å². The average Bonchev–Trinajstić information content (AvgIpc) is 2.71. The molecule has 1 aliphatic carbocycles. The fraction of sp³-hybridized carbons (Fsp3) is 0.667. The van der Waals surface area contributed by atoms with Crippen molar-refractivity contribution in [3.63, 3.8) is 0 Å². The van der Waals surface area contributed by atoms with Crippen molar-refractivity contribution >= 4 is 0 Å². The van der Waals surface area contributed by atoms with Gasteiger partial charge in [0.25, 0.3) is 0 Å². The van der Waals surface area contributed by atoms with Gasteiger partial charge in [-0.1, -0.05) is 30.7 Å². The van der Waals surface area contributed by atoms with Gasteiger partial charge in [-0.15, -0.1) is 0 Å². The summed E-state index contributed by atoms with van der Waals surface area (Å²) in [5.74, 6) is 0. The van der Waals surface area contributed by atoms with E-state index in [0.717, 1.165) is 0 Å². The van der Waals surface area contributed by atoms with Gasteiger partial charge in [0, 0.05) is 24.7 Å². The van der Waals surface area contributed by atoms with Gasteiger partial charge < -0.3 is 5.32 Å². The normalized spacial score (nSPS) is 26.8. The lowest BCUT2D eigenvalue weighted by atomic mass is 9.87. The van der Waals surface area contributed by atoms with E-state index in [0.29, 0.717) is 11.6 Å². The summed E-state index contributed by atoms with van der Waals surface area (Å²) in [6, 6.07) is 9.80. The van der Waals surface area contributed by atoms with E-state index in [1.165, 1.54) is 51.6 Å². The fourth-order valence-electron chi connectivity index (χ4n) is 3.85. The molecule has 0 bridgehead atoms. The van der Waals surface area contributed by atoms with E-state index >= 15 is 0 Å². The number of nitrogens with zero attached hydrogens (tertiary/aromatic N) is 1. The monoisotopic (exact) mass is 272 g/mol. The minimum Gasteiger partial charge on any atom is -0.314 e. The first-order valence-corrected chi connectivity index (χ1v) is 8.23. The van der Waals surface area contributed by atoms with Crippen molar-refractivity contribution in [2.75, 3.05) is 20.1 Å². The molecule has 2 nitrogen and oxygen atoms in total. The Labute approximate surface area is 123 Å². The number of piperidine rings is 1. The standard InChI is InChI=1S/C18H28N2/c1-18(19-2)11-13-20(14-12-18)17-10-6-4-8-15-7-3-5-9-16(15)17/h3,5,7,9,17,19H,4,6,8,10-14H2,1-2H3. The van der Waals surface area contributed by atoms with Gasteiger partial charge in [-0.25, -0.2) is 0 Å².